The lowest BCUT2D eigenvalue weighted by Gasteiger charge is -2.13. The van der Waals surface area contributed by atoms with Crippen LogP contribution < -0.4 is 0 Å². The summed E-state index contributed by atoms with van der Waals surface area (Å²) in [5.74, 6) is -1.29. The Morgan fingerprint density at radius 1 is 1.09 bits per heavy atom. The Balaban J connectivity index is 3.76. The third-order valence-corrected chi connectivity index (χ3v) is 0.555. The molecule has 0 rings (SSSR count). The lowest BCUT2D eigenvalue weighted by atomic mass is 10.8. The van der Waals surface area contributed by atoms with Crippen LogP contribution in [0.2, 0.25) is 0 Å². The lowest BCUT2D eigenvalue weighted by molar-refractivity contribution is -0.475. The Hall–Kier alpha value is -1.14. The van der Waals surface area contributed by atoms with Gasteiger partial charge in [0.15, 0.2) is 5.39 Å². The van der Waals surface area contributed by atoms with Gasteiger partial charge in [-0.05, 0) is 0 Å². The van der Waals surface area contributed by atoms with E-state index in [9.17, 15) is 9.59 Å². The van der Waals surface area contributed by atoms with Gasteiger partial charge in [0.2, 0.25) is 0 Å². The minimum Gasteiger partial charge on any atom is -0.310 e. The van der Waals surface area contributed by atoms with E-state index in [1.54, 1.807) is 0 Å². The summed E-state index contributed by atoms with van der Waals surface area (Å²) in [6.07, 6.45) is 0. The van der Waals surface area contributed by atoms with E-state index < -0.39 is 11.9 Å². The first-order chi connectivity index (χ1) is 5.06. The monoisotopic (exact) mass is 163 g/mol. The van der Waals surface area contributed by atoms with Gasteiger partial charge in [-0.2, -0.15) is 0 Å². The maximum absolute atomic E-state index is 10.3. The molecule has 0 aromatic heterocycles. The van der Waals surface area contributed by atoms with E-state index in [1.165, 1.54) is 7.11 Å². The van der Waals surface area contributed by atoms with Crippen molar-refractivity contribution in [3.8, 4) is 0 Å². The van der Waals surface area contributed by atoms with Gasteiger partial charge in [-0.25, -0.2) is 4.84 Å². The highest BCUT2D eigenvalue weighted by Gasteiger charge is 2.10. The fourth-order valence-corrected chi connectivity index (χ4v) is 0.303. The highest BCUT2D eigenvalue weighted by molar-refractivity contribution is 5.66. The highest BCUT2D eigenvalue weighted by Crippen LogP contribution is 1.92. The minimum absolute atomic E-state index is 0.324. The SMILES string of the molecule is CON(OC(C)=O)OC(C)=O. The largest absolute Gasteiger partial charge is 0.328 e. The molecule has 11 heavy (non-hydrogen) atoms. The Bertz CT molecular complexity index is 141. The van der Waals surface area contributed by atoms with Gasteiger partial charge >= 0.3 is 11.9 Å². The van der Waals surface area contributed by atoms with Crippen LogP contribution in [0.15, 0.2) is 0 Å². The summed E-state index contributed by atoms with van der Waals surface area (Å²) in [4.78, 5) is 33.3. The second kappa shape index (κ2) is 4.64. The molecular formula is C5H9NO5. The fourth-order valence-electron chi connectivity index (χ4n) is 0.303. The Morgan fingerprint density at radius 3 is 1.64 bits per heavy atom. The van der Waals surface area contributed by atoms with Crippen molar-refractivity contribution in [2.45, 2.75) is 13.8 Å². The van der Waals surface area contributed by atoms with Crippen LogP contribution in [0.3, 0.4) is 0 Å². The summed E-state index contributed by atoms with van der Waals surface area (Å²) < 4.78 is 0. The van der Waals surface area contributed by atoms with Gasteiger partial charge < -0.3 is 9.68 Å². The predicted octanol–water partition coefficient (Wildman–Crippen LogP) is -0.194. The lowest BCUT2D eigenvalue weighted by Crippen LogP contribution is -2.27. The minimum atomic E-state index is -0.645. The molecule has 0 bridgehead atoms. The molecule has 0 fully saturated rings. The topological polar surface area (TPSA) is 65.1 Å². The molecule has 0 atom stereocenters. The first kappa shape index (κ1) is 9.86. The van der Waals surface area contributed by atoms with E-state index in [-0.39, 0.29) is 0 Å². The van der Waals surface area contributed by atoms with Crippen LogP contribution in [0.5, 0.6) is 0 Å². The normalized spacial score (nSPS) is 9.45. The summed E-state index contributed by atoms with van der Waals surface area (Å²) in [5.41, 5.74) is 0. The average Bonchev–Trinajstić information content (AvgIpc) is 1.84. The molecule has 0 aliphatic carbocycles. The maximum Gasteiger partial charge on any atom is 0.328 e. The molecule has 0 unspecified atom stereocenters. The van der Waals surface area contributed by atoms with Gasteiger partial charge in [0.25, 0.3) is 0 Å². The Morgan fingerprint density at radius 2 is 1.45 bits per heavy atom. The van der Waals surface area contributed by atoms with Crippen molar-refractivity contribution in [2.24, 2.45) is 0 Å². The van der Waals surface area contributed by atoms with E-state index in [0.717, 1.165) is 13.8 Å². The number of nitrogens with zero attached hydrogens (tertiary/aromatic N) is 1. The second-order valence-electron chi connectivity index (χ2n) is 1.57. The maximum atomic E-state index is 10.3. The van der Waals surface area contributed by atoms with Crippen molar-refractivity contribution in [1.29, 1.82) is 0 Å². The van der Waals surface area contributed by atoms with Crippen molar-refractivity contribution < 1.29 is 24.1 Å². The molecule has 0 aliphatic rings. The molecule has 0 amide bonds. The summed E-state index contributed by atoms with van der Waals surface area (Å²) in [6.45, 7) is 2.30. The first-order valence-corrected chi connectivity index (χ1v) is 2.77. The summed E-state index contributed by atoms with van der Waals surface area (Å²) in [7, 11) is 1.19. The van der Waals surface area contributed by atoms with Crippen LogP contribution in [-0.2, 0) is 24.1 Å². The standard InChI is InChI=1S/C5H9NO5/c1-4(7)10-6(9-3)11-5(2)8/h1-3H3. The van der Waals surface area contributed by atoms with E-state index in [1.807, 2.05) is 0 Å². The molecule has 0 saturated heterocycles. The van der Waals surface area contributed by atoms with E-state index in [0.29, 0.717) is 5.39 Å². The molecule has 6 nitrogen and oxygen atoms in total. The van der Waals surface area contributed by atoms with E-state index in [4.69, 9.17) is 0 Å². The van der Waals surface area contributed by atoms with Crippen LogP contribution in [0, 0.1) is 0 Å². The quantitative estimate of drug-likeness (QED) is 0.537. The van der Waals surface area contributed by atoms with Gasteiger partial charge in [0.05, 0.1) is 7.11 Å². The van der Waals surface area contributed by atoms with Gasteiger partial charge in [-0.3, -0.25) is 9.59 Å². The van der Waals surface area contributed by atoms with Crippen molar-refractivity contribution in [1.82, 2.24) is 5.39 Å². The molecule has 0 saturated carbocycles. The number of hydrogen-bond acceptors (Lipinski definition) is 6. The average molecular weight is 163 g/mol. The second-order valence-corrected chi connectivity index (χ2v) is 1.57. The fraction of sp³-hybridized carbons (Fsp3) is 0.600. The molecule has 64 valence electrons. The molecular weight excluding hydrogens is 154 g/mol. The summed E-state index contributed by atoms with van der Waals surface area (Å²) in [5, 5.41) is 0.324. The van der Waals surface area contributed by atoms with Gasteiger partial charge in [0, 0.05) is 13.8 Å². The molecule has 0 spiro atoms. The zero-order valence-corrected chi connectivity index (χ0v) is 6.49. The predicted molar refractivity (Wildman–Crippen MR) is 32.4 cm³/mol. The van der Waals surface area contributed by atoms with Crippen LogP contribution in [0.4, 0.5) is 0 Å². The highest BCUT2D eigenvalue weighted by atomic mass is 17.2. The molecule has 0 radical (unpaired) electrons. The van der Waals surface area contributed by atoms with Crippen LogP contribution in [-0.4, -0.2) is 24.4 Å². The molecule has 0 aromatic carbocycles. The molecule has 0 aliphatic heterocycles. The first-order valence-electron chi connectivity index (χ1n) is 2.77. The number of carbonyl (C=O) groups is 2. The molecule has 0 N–H and O–H groups in total. The summed E-state index contributed by atoms with van der Waals surface area (Å²) in [6, 6.07) is 0. The molecule has 0 aromatic rings. The summed E-state index contributed by atoms with van der Waals surface area (Å²) >= 11 is 0. The zero-order chi connectivity index (χ0) is 8.85. The zero-order valence-electron chi connectivity index (χ0n) is 6.49. The number of rotatable bonds is 3. The number of hydrogen-bond donors (Lipinski definition) is 0. The van der Waals surface area contributed by atoms with E-state index >= 15 is 0 Å². The Kier molecular flexibility index (Phi) is 4.16. The van der Waals surface area contributed by atoms with Crippen molar-refractivity contribution >= 4 is 11.9 Å². The van der Waals surface area contributed by atoms with Crippen molar-refractivity contribution in [3.63, 3.8) is 0 Å². The third kappa shape index (κ3) is 5.31. The van der Waals surface area contributed by atoms with Crippen LogP contribution >= 0.6 is 0 Å². The third-order valence-electron chi connectivity index (χ3n) is 0.555. The van der Waals surface area contributed by atoms with Crippen LogP contribution in [0.25, 0.3) is 0 Å². The Labute approximate surface area is 63.5 Å². The van der Waals surface area contributed by atoms with Crippen molar-refractivity contribution in [2.75, 3.05) is 7.11 Å². The number of carbonyl (C=O) groups excluding carboxylic acids is 2. The smallest absolute Gasteiger partial charge is 0.310 e. The van der Waals surface area contributed by atoms with E-state index in [2.05, 4.69) is 14.5 Å². The van der Waals surface area contributed by atoms with Gasteiger partial charge in [-0.1, -0.05) is 0 Å². The van der Waals surface area contributed by atoms with Crippen LogP contribution in [0.1, 0.15) is 13.8 Å². The van der Waals surface area contributed by atoms with Crippen molar-refractivity contribution in [3.05, 3.63) is 0 Å². The van der Waals surface area contributed by atoms with Gasteiger partial charge in [-0.15, -0.1) is 0 Å². The van der Waals surface area contributed by atoms with Gasteiger partial charge in [0.1, 0.15) is 0 Å². The molecule has 6 heteroatoms. The molecule has 0 heterocycles.